The van der Waals surface area contributed by atoms with E-state index in [0.717, 1.165) is 30.5 Å². The fraction of sp³-hybridized carbons (Fsp3) is 0.444. The smallest absolute Gasteiger partial charge is 0.278 e. The van der Waals surface area contributed by atoms with Gasteiger partial charge in [-0.3, -0.25) is 4.79 Å². The van der Waals surface area contributed by atoms with Crippen LogP contribution in [0.5, 0.6) is 5.75 Å². The van der Waals surface area contributed by atoms with Gasteiger partial charge >= 0.3 is 0 Å². The molecule has 1 aromatic heterocycles. The number of likely N-dealkylation sites (N-methyl/N-ethyl adjacent to an activating group) is 1. The first-order valence-electron chi connectivity index (χ1n) is 8.31. The van der Waals surface area contributed by atoms with E-state index in [-0.39, 0.29) is 23.9 Å². The number of nitrogens with zero attached hydrogens (tertiary/aromatic N) is 3. The van der Waals surface area contributed by atoms with Crippen LogP contribution in [0.3, 0.4) is 0 Å². The van der Waals surface area contributed by atoms with Crippen LogP contribution in [0, 0.1) is 5.92 Å². The van der Waals surface area contributed by atoms with Crippen molar-refractivity contribution in [3.8, 4) is 11.4 Å². The fourth-order valence-electron chi connectivity index (χ4n) is 2.85. The average molecular weight is 329 g/mol. The summed E-state index contributed by atoms with van der Waals surface area (Å²) in [4.78, 5) is 13.9. The molecule has 1 aliphatic carbocycles. The lowest BCUT2D eigenvalue weighted by molar-refractivity contribution is 0.0637. The van der Waals surface area contributed by atoms with Crippen molar-refractivity contribution in [2.45, 2.75) is 32.3 Å². The first-order valence-corrected chi connectivity index (χ1v) is 8.31. The molecule has 1 aromatic carbocycles. The molecular weight excluding hydrogens is 306 g/mol. The zero-order chi connectivity index (χ0) is 17.3. The number of aliphatic hydroxyl groups excluding tert-OH is 1. The van der Waals surface area contributed by atoms with Gasteiger partial charge < -0.3 is 15.1 Å². The van der Waals surface area contributed by atoms with Crippen LogP contribution in [0.25, 0.3) is 5.69 Å². The Morgan fingerprint density at radius 1 is 1.42 bits per heavy atom. The lowest BCUT2D eigenvalue weighted by Crippen LogP contribution is -2.35. The van der Waals surface area contributed by atoms with Crippen molar-refractivity contribution < 1.29 is 15.0 Å². The number of rotatable bonds is 6. The molecule has 0 radical (unpaired) electrons. The molecule has 1 aliphatic rings. The summed E-state index contributed by atoms with van der Waals surface area (Å²) in [6.45, 7) is 2.29. The van der Waals surface area contributed by atoms with Gasteiger partial charge in [0.2, 0.25) is 0 Å². The van der Waals surface area contributed by atoms with Gasteiger partial charge in [-0.2, -0.15) is 5.10 Å². The molecule has 6 nitrogen and oxygen atoms in total. The number of aromatic nitrogens is 2. The largest absolute Gasteiger partial charge is 0.504 e. The van der Waals surface area contributed by atoms with Crippen molar-refractivity contribution in [3.63, 3.8) is 0 Å². The topological polar surface area (TPSA) is 78.6 Å². The van der Waals surface area contributed by atoms with Gasteiger partial charge in [-0.25, -0.2) is 4.68 Å². The summed E-state index contributed by atoms with van der Waals surface area (Å²) in [5, 5.41) is 24.4. The Labute approximate surface area is 141 Å². The van der Waals surface area contributed by atoms with E-state index in [1.54, 1.807) is 7.05 Å². The van der Waals surface area contributed by atoms with Crippen molar-refractivity contribution in [1.29, 1.82) is 0 Å². The van der Waals surface area contributed by atoms with Crippen molar-refractivity contribution >= 4 is 5.91 Å². The zero-order valence-electron chi connectivity index (χ0n) is 14.0. The normalized spacial score (nSPS) is 15.3. The predicted octanol–water partition coefficient (Wildman–Crippen LogP) is 1.98. The molecule has 3 rings (SSSR count). The lowest BCUT2D eigenvalue weighted by atomic mass is 10.1. The van der Waals surface area contributed by atoms with Crippen molar-refractivity contribution in [3.05, 3.63) is 41.7 Å². The monoisotopic (exact) mass is 329 g/mol. The van der Waals surface area contributed by atoms with E-state index in [9.17, 15) is 15.0 Å². The lowest BCUT2D eigenvalue weighted by Gasteiger charge is -2.19. The Morgan fingerprint density at radius 3 is 2.79 bits per heavy atom. The number of carbonyl (C=O) groups excluding carboxylic acids is 1. The molecule has 1 amide bonds. The maximum Gasteiger partial charge on any atom is 0.278 e. The summed E-state index contributed by atoms with van der Waals surface area (Å²) in [6, 6.07) is 7.74. The number of aromatic hydroxyl groups is 1. The van der Waals surface area contributed by atoms with Crippen LogP contribution in [0.1, 0.15) is 35.8 Å². The van der Waals surface area contributed by atoms with Gasteiger partial charge in [0, 0.05) is 13.6 Å². The molecule has 0 bridgehead atoms. The number of aliphatic hydroxyl groups is 1. The van der Waals surface area contributed by atoms with Gasteiger partial charge in [0.25, 0.3) is 5.91 Å². The number of hydrogen-bond donors (Lipinski definition) is 2. The highest BCUT2D eigenvalue weighted by atomic mass is 16.3. The minimum absolute atomic E-state index is 0.00593. The van der Waals surface area contributed by atoms with Crippen LogP contribution in [-0.4, -0.2) is 50.5 Å². The Bertz CT molecular complexity index is 737. The van der Waals surface area contributed by atoms with Crippen molar-refractivity contribution in [2.24, 2.45) is 5.92 Å². The third kappa shape index (κ3) is 3.28. The maximum absolute atomic E-state index is 12.5. The Morgan fingerprint density at radius 2 is 2.12 bits per heavy atom. The first-order chi connectivity index (χ1) is 11.5. The van der Waals surface area contributed by atoms with Crippen LogP contribution in [-0.2, 0) is 6.42 Å². The number of benzene rings is 1. The van der Waals surface area contributed by atoms with Crippen molar-refractivity contribution in [1.82, 2.24) is 14.7 Å². The zero-order valence-corrected chi connectivity index (χ0v) is 14.0. The van der Waals surface area contributed by atoms with E-state index in [4.69, 9.17) is 0 Å². The van der Waals surface area contributed by atoms with E-state index >= 15 is 0 Å². The van der Waals surface area contributed by atoms with Gasteiger partial charge in [0.15, 0.2) is 11.4 Å². The molecule has 2 aromatic rings. The van der Waals surface area contributed by atoms with Gasteiger partial charge in [-0.15, -0.1) is 0 Å². The fourth-order valence-corrected chi connectivity index (χ4v) is 2.85. The minimum Gasteiger partial charge on any atom is -0.504 e. The number of aryl methyl sites for hydroxylation is 1. The molecule has 128 valence electrons. The Kier molecular flexibility index (Phi) is 4.57. The van der Waals surface area contributed by atoms with Crippen LogP contribution in [0.4, 0.5) is 0 Å². The van der Waals surface area contributed by atoms with Gasteiger partial charge in [-0.1, -0.05) is 25.1 Å². The molecule has 6 heteroatoms. The van der Waals surface area contributed by atoms with Crippen LogP contribution >= 0.6 is 0 Å². The summed E-state index contributed by atoms with van der Waals surface area (Å²) >= 11 is 0. The molecule has 1 saturated carbocycles. The molecule has 2 N–H and O–H groups in total. The van der Waals surface area contributed by atoms with Crippen LogP contribution in [0.2, 0.25) is 0 Å². The predicted molar refractivity (Wildman–Crippen MR) is 90.3 cm³/mol. The third-order valence-corrected chi connectivity index (χ3v) is 4.49. The average Bonchev–Trinajstić information content (AvgIpc) is 3.37. The summed E-state index contributed by atoms with van der Waals surface area (Å²) in [6.07, 6.45) is 3.79. The molecule has 0 saturated heterocycles. The summed E-state index contributed by atoms with van der Waals surface area (Å²) in [5.41, 5.74) is 1.93. The summed E-state index contributed by atoms with van der Waals surface area (Å²) < 4.78 is 1.53. The molecule has 24 heavy (non-hydrogen) atoms. The second-order valence-corrected chi connectivity index (χ2v) is 6.38. The highest BCUT2D eigenvalue weighted by Gasteiger charge is 2.32. The number of amides is 1. The van der Waals surface area contributed by atoms with Gasteiger partial charge in [0.05, 0.1) is 18.0 Å². The molecule has 0 aliphatic heterocycles. The van der Waals surface area contributed by atoms with Crippen LogP contribution < -0.4 is 0 Å². The molecular formula is C18H23N3O3. The standard InChI is InChI=1S/C18H23N3O3/c1-3-12-6-4-5-7-14(12)21-11-16(23)17(19-21)18(24)20(2)10-15(22)13-8-9-13/h4-7,11,13,15,22-23H,3,8-10H2,1-2H3. The molecule has 1 atom stereocenters. The first kappa shape index (κ1) is 16.5. The van der Waals surface area contributed by atoms with Gasteiger partial charge in [0.1, 0.15) is 0 Å². The quantitative estimate of drug-likeness (QED) is 0.849. The van der Waals surface area contributed by atoms with E-state index in [2.05, 4.69) is 5.10 Å². The molecule has 1 fully saturated rings. The highest BCUT2D eigenvalue weighted by Crippen LogP contribution is 2.33. The van der Waals surface area contributed by atoms with Gasteiger partial charge in [-0.05, 0) is 36.8 Å². The minimum atomic E-state index is -0.510. The number of para-hydroxylation sites is 1. The summed E-state index contributed by atoms with van der Waals surface area (Å²) in [5.74, 6) is -0.249. The number of hydrogen-bond acceptors (Lipinski definition) is 4. The molecule has 1 heterocycles. The van der Waals surface area contributed by atoms with E-state index in [0.29, 0.717) is 5.92 Å². The molecule has 1 unspecified atom stereocenters. The summed E-state index contributed by atoms with van der Waals surface area (Å²) in [7, 11) is 1.62. The van der Waals surface area contributed by atoms with Crippen LogP contribution in [0.15, 0.2) is 30.5 Å². The highest BCUT2D eigenvalue weighted by molar-refractivity contribution is 5.94. The SMILES string of the molecule is CCc1ccccc1-n1cc(O)c(C(=O)N(C)CC(O)C2CC2)n1. The Hall–Kier alpha value is -2.34. The third-order valence-electron chi connectivity index (χ3n) is 4.49. The Balaban J connectivity index is 1.81. The number of carbonyl (C=O) groups is 1. The van der Waals surface area contributed by atoms with Crippen molar-refractivity contribution in [2.75, 3.05) is 13.6 Å². The second kappa shape index (κ2) is 6.65. The van der Waals surface area contributed by atoms with E-state index < -0.39 is 6.10 Å². The molecule has 0 spiro atoms. The van der Waals surface area contributed by atoms with E-state index in [1.807, 2.05) is 31.2 Å². The second-order valence-electron chi connectivity index (χ2n) is 6.38. The maximum atomic E-state index is 12.5. The van der Waals surface area contributed by atoms with E-state index in [1.165, 1.54) is 15.8 Å².